The molecule has 7 nitrogen and oxygen atoms in total. The van der Waals surface area contributed by atoms with Gasteiger partial charge in [0.25, 0.3) is 5.78 Å². The minimum Gasteiger partial charge on any atom is -0.321 e. The van der Waals surface area contributed by atoms with E-state index in [1.54, 1.807) is 0 Å². The van der Waals surface area contributed by atoms with Gasteiger partial charge in [-0.05, 0) is 30.3 Å². The van der Waals surface area contributed by atoms with E-state index in [0.29, 0.717) is 5.78 Å². The zero-order chi connectivity index (χ0) is 13.0. The van der Waals surface area contributed by atoms with E-state index in [0.717, 1.165) is 22.1 Å². The normalized spacial score (nSPS) is 12.2. The average Bonchev–Trinajstić information content (AvgIpc) is 2.97. The van der Waals surface area contributed by atoms with Crippen LogP contribution in [0, 0.1) is 0 Å². The summed E-state index contributed by atoms with van der Waals surface area (Å²) in [7, 11) is 0. The van der Waals surface area contributed by atoms with Crippen LogP contribution < -0.4 is 0 Å². The largest absolute Gasteiger partial charge is 0.321 e. The van der Waals surface area contributed by atoms with Gasteiger partial charge in [-0.25, -0.2) is 0 Å². The Balaban J connectivity index is 2.30. The van der Waals surface area contributed by atoms with Gasteiger partial charge in [-0.1, -0.05) is 27.9 Å². The van der Waals surface area contributed by atoms with E-state index in [1.807, 2.05) is 18.2 Å². The zero-order valence-corrected chi connectivity index (χ0v) is 10.5. The molecule has 0 saturated heterocycles. The number of hydrogen-bond acceptors (Lipinski definition) is 5. The minimum atomic E-state index is 0.287. The van der Waals surface area contributed by atoms with Crippen LogP contribution in [-0.4, -0.2) is 34.8 Å². The standard InChI is InChI=1S/C12H11N7/c1-7(2)18-9-6-4-3-5-8(9)10-11(18)13-12-14-16-17-19(12)15-10/h3-7H,1-2H3. The van der Waals surface area contributed by atoms with Gasteiger partial charge in [-0.3, -0.25) is 0 Å². The van der Waals surface area contributed by atoms with Crippen LogP contribution in [0.2, 0.25) is 0 Å². The van der Waals surface area contributed by atoms with E-state index in [4.69, 9.17) is 0 Å². The molecule has 0 spiro atoms. The van der Waals surface area contributed by atoms with Gasteiger partial charge in [0.05, 0.1) is 5.52 Å². The monoisotopic (exact) mass is 253 g/mol. The Labute approximate surface area is 107 Å². The Kier molecular flexibility index (Phi) is 1.89. The number of fused-ring (bicyclic) bond motifs is 4. The van der Waals surface area contributed by atoms with Crippen LogP contribution in [0.25, 0.3) is 27.8 Å². The molecule has 3 heterocycles. The molecule has 0 atom stereocenters. The fraction of sp³-hybridized carbons (Fsp3) is 0.250. The summed E-state index contributed by atoms with van der Waals surface area (Å²) in [6, 6.07) is 8.42. The molecule has 3 aromatic heterocycles. The highest BCUT2D eigenvalue weighted by molar-refractivity contribution is 6.04. The van der Waals surface area contributed by atoms with Crippen molar-refractivity contribution in [2.45, 2.75) is 19.9 Å². The van der Waals surface area contributed by atoms with Crippen molar-refractivity contribution in [3.63, 3.8) is 0 Å². The number of benzene rings is 1. The molecule has 0 fully saturated rings. The second-order valence-electron chi connectivity index (χ2n) is 4.73. The fourth-order valence-corrected chi connectivity index (χ4v) is 2.46. The van der Waals surface area contributed by atoms with Gasteiger partial charge in [0.15, 0.2) is 5.65 Å². The first-order valence-electron chi connectivity index (χ1n) is 6.11. The third-order valence-electron chi connectivity index (χ3n) is 3.21. The summed E-state index contributed by atoms with van der Waals surface area (Å²) >= 11 is 0. The van der Waals surface area contributed by atoms with Crippen LogP contribution in [0.5, 0.6) is 0 Å². The van der Waals surface area contributed by atoms with E-state index in [1.165, 1.54) is 4.63 Å². The molecule has 0 bridgehead atoms. The summed E-state index contributed by atoms with van der Waals surface area (Å²) in [6.45, 7) is 4.25. The van der Waals surface area contributed by atoms with Crippen LogP contribution in [-0.2, 0) is 0 Å². The Morgan fingerprint density at radius 2 is 2.00 bits per heavy atom. The molecule has 0 radical (unpaired) electrons. The number of rotatable bonds is 1. The lowest BCUT2D eigenvalue weighted by molar-refractivity contribution is 0.635. The van der Waals surface area contributed by atoms with Crippen molar-refractivity contribution in [1.29, 1.82) is 0 Å². The summed E-state index contributed by atoms with van der Waals surface area (Å²) in [5.74, 6) is 0.414. The molecule has 0 aliphatic heterocycles. The maximum Gasteiger partial charge on any atom is 0.293 e. The second kappa shape index (κ2) is 3.47. The Bertz CT molecular complexity index is 902. The summed E-state index contributed by atoms with van der Waals surface area (Å²) < 4.78 is 3.52. The summed E-state index contributed by atoms with van der Waals surface area (Å²) in [4.78, 5) is 4.52. The topological polar surface area (TPSA) is 73.8 Å². The number of tetrazole rings is 1. The van der Waals surface area contributed by atoms with Crippen molar-refractivity contribution in [3.8, 4) is 0 Å². The SMILES string of the molecule is CC(C)n1c2ccccc2c2nn3nnnc3nc21. The van der Waals surface area contributed by atoms with Gasteiger partial charge in [0.1, 0.15) is 5.52 Å². The Morgan fingerprint density at radius 3 is 2.84 bits per heavy atom. The molecule has 0 aliphatic carbocycles. The quantitative estimate of drug-likeness (QED) is 0.515. The molecule has 0 aliphatic rings. The predicted octanol–water partition coefficient (Wildman–Crippen LogP) is 1.60. The van der Waals surface area contributed by atoms with Crippen LogP contribution in [0.15, 0.2) is 24.3 Å². The van der Waals surface area contributed by atoms with Crippen LogP contribution in [0.1, 0.15) is 19.9 Å². The summed E-state index contributed by atoms with van der Waals surface area (Å²) in [5.41, 5.74) is 2.76. The second-order valence-corrected chi connectivity index (χ2v) is 4.73. The van der Waals surface area contributed by atoms with Crippen molar-refractivity contribution < 1.29 is 0 Å². The van der Waals surface area contributed by atoms with Gasteiger partial charge in [-0.2, -0.15) is 4.98 Å². The molecule has 94 valence electrons. The predicted molar refractivity (Wildman–Crippen MR) is 69.8 cm³/mol. The highest BCUT2D eigenvalue weighted by Gasteiger charge is 2.16. The molecule has 19 heavy (non-hydrogen) atoms. The molecule has 1 aromatic carbocycles. The maximum atomic E-state index is 4.52. The van der Waals surface area contributed by atoms with Crippen LogP contribution in [0.4, 0.5) is 0 Å². The first kappa shape index (κ1) is 10.4. The average molecular weight is 253 g/mol. The highest BCUT2D eigenvalue weighted by atomic mass is 15.6. The van der Waals surface area contributed by atoms with Crippen molar-refractivity contribution in [2.24, 2.45) is 0 Å². The lowest BCUT2D eigenvalue weighted by Gasteiger charge is -2.09. The van der Waals surface area contributed by atoms with E-state index in [9.17, 15) is 0 Å². The molecule has 0 unspecified atom stereocenters. The minimum absolute atomic E-state index is 0.287. The molecule has 4 aromatic rings. The molecule has 0 saturated carbocycles. The van der Waals surface area contributed by atoms with Crippen LogP contribution in [0.3, 0.4) is 0 Å². The molecular weight excluding hydrogens is 242 g/mol. The highest BCUT2D eigenvalue weighted by Crippen LogP contribution is 2.28. The van der Waals surface area contributed by atoms with Crippen molar-refractivity contribution in [3.05, 3.63) is 24.3 Å². The maximum absolute atomic E-state index is 4.52. The summed E-state index contributed by atoms with van der Waals surface area (Å²) in [5, 5.41) is 16.8. The Morgan fingerprint density at radius 1 is 1.16 bits per heavy atom. The van der Waals surface area contributed by atoms with E-state index < -0.39 is 0 Å². The third kappa shape index (κ3) is 1.29. The number of hydrogen-bond donors (Lipinski definition) is 0. The third-order valence-corrected chi connectivity index (χ3v) is 3.21. The molecular formula is C12H11N7. The van der Waals surface area contributed by atoms with Crippen molar-refractivity contribution in [1.82, 2.24) is 34.8 Å². The lowest BCUT2D eigenvalue weighted by atomic mass is 10.2. The smallest absolute Gasteiger partial charge is 0.293 e. The lowest BCUT2D eigenvalue weighted by Crippen LogP contribution is -2.03. The van der Waals surface area contributed by atoms with E-state index >= 15 is 0 Å². The van der Waals surface area contributed by atoms with Gasteiger partial charge >= 0.3 is 0 Å². The number of para-hydroxylation sites is 1. The fourth-order valence-electron chi connectivity index (χ4n) is 2.46. The zero-order valence-electron chi connectivity index (χ0n) is 10.5. The summed E-state index contributed by atoms with van der Waals surface area (Å²) in [6.07, 6.45) is 0. The first-order chi connectivity index (χ1) is 9.25. The number of aromatic nitrogens is 7. The van der Waals surface area contributed by atoms with Gasteiger partial charge in [-0.15, -0.1) is 5.10 Å². The van der Waals surface area contributed by atoms with Crippen LogP contribution >= 0.6 is 0 Å². The van der Waals surface area contributed by atoms with Crippen molar-refractivity contribution >= 4 is 27.8 Å². The van der Waals surface area contributed by atoms with Gasteiger partial charge in [0, 0.05) is 11.4 Å². The van der Waals surface area contributed by atoms with Gasteiger partial charge < -0.3 is 4.57 Å². The van der Waals surface area contributed by atoms with Gasteiger partial charge in [0.2, 0.25) is 0 Å². The first-order valence-corrected chi connectivity index (χ1v) is 6.11. The molecule has 4 rings (SSSR count). The Hall–Kier alpha value is -2.57. The molecule has 0 amide bonds. The van der Waals surface area contributed by atoms with E-state index in [-0.39, 0.29) is 6.04 Å². The molecule has 0 N–H and O–H groups in total. The van der Waals surface area contributed by atoms with Crippen molar-refractivity contribution in [2.75, 3.05) is 0 Å². The number of nitrogens with zero attached hydrogens (tertiary/aromatic N) is 7. The van der Waals surface area contributed by atoms with E-state index in [2.05, 4.69) is 50.1 Å². The molecule has 7 heteroatoms.